The first kappa shape index (κ1) is 16.5. The van der Waals surface area contributed by atoms with Crippen LogP contribution in [-0.2, 0) is 15.7 Å². The summed E-state index contributed by atoms with van der Waals surface area (Å²) in [6, 6.07) is 2.53. The molecule has 8 heteroatoms. The average molecular weight is 331 g/mol. The van der Waals surface area contributed by atoms with E-state index in [1.165, 1.54) is 6.07 Å². The Bertz CT molecular complexity index is 496. The minimum atomic E-state index is -4.34. The van der Waals surface area contributed by atoms with E-state index in [9.17, 15) is 13.2 Å². The third-order valence-corrected chi connectivity index (χ3v) is 4.14. The maximum absolute atomic E-state index is 12.5. The molecule has 2 fully saturated rings. The van der Waals surface area contributed by atoms with Crippen molar-refractivity contribution >= 4 is 5.82 Å². The zero-order valence-electron chi connectivity index (χ0n) is 12.8. The molecular weight excluding hydrogens is 311 g/mol. The van der Waals surface area contributed by atoms with Crippen molar-refractivity contribution in [2.24, 2.45) is 0 Å². The number of aromatic nitrogens is 1. The molecule has 0 atom stereocenters. The number of hydrogen-bond acceptors (Lipinski definition) is 5. The van der Waals surface area contributed by atoms with Crippen LogP contribution in [0.15, 0.2) is 18.3 Å². The molecule has 0 saturated carbocycles. The molecule has 0 bridgehead atoms. The van der Waals surface area contributed by atoms with Crippen LogP contribution in [0.4, 0.5) is 19.0 Å². The molecule has 3 rings (SSSR count). The van der Waals surface area contributed by atoms with Gasteiger partial charge in [0.1, 0.15) is 5.82 Å². The number of anilines is 1. The van der Waals surface area contributed by atoms with Gasteiger partial charge in [-0.25, -0.2) is 4.98 Å². The highest BCUT2D eigenvalue weighted by Crippen LogP contribution is 2.29. The van der Waals surface area contributed by atoms with Gasteiger partial charge in [-0.1, -0.05) is 0 Å². The largest absolute Gasteiger partial charge is 0.417 e. The SMILES string of the molecule is FC(F)(F)c1ccc(N2CCN(CCC3OCCO3)CC2)nc1. The minimum Gasteiger partial charge on any atom is -0.354 e. The fourth-order valence-electron chi connectivity index (χ4n) is 2.80. The lowest BCUT2D eigenvalue weighted by molar-refractivity contribution is -0.137. The Morgan fingerprint density at radius 1 is 1.09 bits per heavy atom. The van der Waals surface area contributed by atoms with E-state index in [1.807, 2.05) is 4.90 Å². The monoisotopic (exact) mass is 331 g/mol. The molecule has 23 heavy (non-hydrogen) atoms. The number of piperazine rings is 1. The van der Waals surface area contributed by atoms with Gasteiger partial charge in [-0.2, -0.15) is 13.2 Å². The predicted octanol–water partition coefficient (Wildman–Crippen LogP) is 1.99. The van der Waals surface area contributed by atoms with E-state index in [0.29, 0.717) is 19.0 Å². The van der Waals surface area contributed by atoms with Crippen LogP contribution in [0.1, 0.15) is 12.0 Å². The molecule has 128 valence electrons. The second-order valence-corrected chi connectivity index (χ2v) is 5.69. The molecule has 3 heterocycles. The highest BCUT2D eigenvalue weighted by Gasteiger charge is 2.31. The van der Waals surface area contributed by atoms with Crippen molar-refractivity contribution in [2.45, 2.75) is 18.9 Å². The number of pyridine rings is 1. The molecule has 1 aromatic rings. The highest BCUT2D eigenvalue weighted by molar-refractivity contribution is 5.40. The van der Waals surface area contributed by atoms with E-state index in [4.69, 9.17) is 9.47 Å². The molecule has 0 radical (unpaired) electrons. The zero-order valence-corrected chi connectivity index (χ0v) is 12.8. The Balaban J connectivity index is 1.46. The van der Waals surface area contributed by atoms with Gasteiger partial charge in [0.05, 0.1) is 18.8 Å². The summed E-state index contributed by atoms with van der Waals surface area (Å²) in [6.07, 6.45) is -2.69. The third-order valence-electron chi connectivity index (χ3n) is 4.14. The molecule has 0 amide bonds. The normalized spacial score (nSPS) is 21.1. The molecule has 2 saturated heterocycles. The Kier molecular flexibility index (Phi) is 5.03. The molecule has 0 spiro atoms. The van der Waals surface area contributed by atoms with Crippen LogP contribution in [0.2, 0.25) is 0 Å². The average Bonchev–Trinajstić information content (AvgIpc) is 3.06. The summed E-state index contributed by atoms with van der Waals surface area (Å²) in [4.78, 5) is 8.27. The van der Waals surface area contributed by atoms with Gasteiger partial charge in [0, 0.05) is 45.3 Å². The zero-order chi connectivity index (χ0) is 16.3. The third kappa shape index (κ3) is 4.33. The van der Waals surface area contributed by atoms with E-state index in [2.05, 4.69) is 9.88 Å². The summed E-state index contributed by atoms with van der Waals surface area (Å²) in [5, 5.41) is 0. The summed E-state index contributed by atoms with van der Waals surface area (Å²) < 4.78 is 48.5. The van der Waals surface area contributed by atoms with E-state index in [-0.39, 0.29) is 6.29 Å². The molecule has 1 aromatic heterocycles. The smallest absolute Gasteiger partial charge is 0.354 e. The van der Waals surface area contributed by atoms with Crippen LogP contribution in [0, 0.1) is 0 Å². The standard InChI is InChI=1S/C15H20F3N3O2/c16-15(17,18)12-1-2-13(19-11-12)21-7-5-20(6-8-21)4-3-14-22-9-10-23-14/h1-2,11,14H,3-10H2. The number of hydrogen-bond donors (Lipinski definition) is 0. The molecule has 0 unspecified atom stereocenters. The number of rotatable bonds is 4. The van der Waals surface area contributed by atoms with Crippen molar-refractivity contribution in [3.8, 4) is 0 Å². The van der Waals surface area contributed by atoms with Crippen molar-refractivity contribution < 1.29 is 22.6 Å². The number of halogens is 3. The Labute approximate surface area is 133 Å². The van der Waals surface area contributed by atoms with Crippen LogP contribution < -0.4 is 4.90 Å². The van der Waals surface area contributed by atoms with Gasteiger partial charge in [-0.05, 0) is 12.1 Å². The fourth-order valence-corrected chi connectivity index (χ4v) is 2.80. The Morgan fingerprint density at radius 2 is 1.78 bits per heavy atom. The van der Waals surface area contributed by atoms with Gasteiger partial charge in [-0.3, -0.25) is 4.90 Å². The maximum atomic E-state index is 12.5. The first-order valence-electron chi connectivity index (χ1n) is 7.76. The Morgan fingerprint density at radius 3 is 2.35 bits per heavy atom. The topological polar surface area (TPSA) is 37.8 Å². The van der Waals surface area contributed by atoms with Crippen molar-refractivity contribution in [3.05, 3.63) is 23.9 Å². The number of ether oxygens (including phenoxy) is 2. The van der Waals surface area contributed by atoms with E-state index < -0.39 is 11.7 Å². The summed E-state index contributed by atoms with van der Waals surface area (Å²) in [7, 11) is 0. The van der Waals surface area contributed by atoms with Crippen LogP contribution >= 0.6 is 0 Å². The lowest BCUT2D eigenvalue weighted by Gasteiger charge is -2.35. The lowest BCUT2D eigenvalue weighted by atomic mass is 10.2. The molecule has 0 aromatic carbocycles. The van der Waals surface area contributed by atoms with Gasteiger partial charge >= 0.3 is 6.18 Å². The van der Waals surface area contributed by atoms with Gasteiger partial charge < -0.3 is 14.4 Å². The second-order valence-electron chi connectivity index (χ2n) is 5.69. The maximum Gasteiger partial charge on any atom is 0.417 e. The van der Waals surface area contributed by atoms with Crippen LogP contribution in [0.25, 0.3) is 0 Å². The Hall–Kier alpha value is -1.38. The van der Waals surface area contributed by atoms with Gasteiger partial charge in [-0.15, -0.1) is 0 Å². The molecule has 5 nitrogen and oxygen atoms in total. The highest BCUT2D eigenvalue weighted by atomic mass is 19.4. The van der Waals surface area contributed by atoms with Gasteiger partial charge in [0.15, 0.2) is 6.29 Å². The first-order valence-corrected chi connectivity index (χ1v) is 7.76. The summed E-state index contributed by atoms with van der Waals surface area (Å²) >= 11 is 0. The van der Waals surface area contributed by atoms with Crippen molar-refractivity contribution in [3.63, 3.8) is 0 Å². The van der Waals surface area contributed by atoms with Crippen molar-refractivity contribution in [1.29, 1.82) is 0 Å². The minimum absolute atomic E-state index is 0.0930. The summed E-state index contributed by atoms with van der Waals surface area (Å²) in [5.74, 6) is 0.597. The van der Waals surface area contributed by atoms with E-state index in [0.717, 1.165) is 51.4 Å². The fraction of sp³-hybridized carbons (Fsp3) is 0.667. The quantitative estimate of drug-likeness (QED) is 0.843. The first-order chi connectivity index (χ1) is 11.0. The van der Waals surface area contributed by atoms with Crippen molar-refractivity contribution in [2.75, 3.05) is 50.8 Å². The second kappa shape index (κ2) is 7.02. The summed E-state index contributed by atoms with van der Waals surface area (Å²) in [6.45, 7) is 5.45. The summed E-state index contributed by atoms with van der Waals surface area (Å²) in [5.41, 5.74) is -0.712. The van der Waals surface area contributed by atoms with Gasteiger partial charge in [0.25, 0.3) is 0 Å². The number of nitrogens with zero attached hydrogens (tertiary/aromatic N) is 3. The van der Waals surface area contributed by atoms with E-state index >= 15 is 0 Å². The van der Waals surface area contributed by atoms with Crippen molar-refractivity contribution in [1.82, 2.24) is 9.88 Å². The van der Waals surface area contributed by atoms with Gasteiger partial charge in [0.2, 0.25) is 0 Å². The molecule has 2 aliphatic rings. The van der Waals surface area contributed by atoms with E-state index in [1.54, 1.807) is 0 Å². The predicted molar refractivity (Wildman–Crippen MR) is 78.2 cm³/mol. The van der Waals surface area contributed by atoms with Crippen LogP contribution in [-0.4, -0.2) is 62.1 Å². The molecule has 2 aliphatic heterocycles. The number of alkyl halides is 3. The molecular formula is C15H20F3N3O2. The van der Waals surface area contributed by atoms with Crippen LogP contribution in [0.3, 0.4) is 0 Å². The molecule has 0 aliphatic carbocycles. The lowest BCUT2D eigenvalue weighted by Crippen LogP contribution is -2.47. The molecule has 0 N–H and O–H groups in total. The van der Waals surface area contributed by atoms with Crippen LogP contribution in [0.5, 0.6) is 0 Å².